The molecule has 2 unspecified atom stereocenters. The third-order valence-corrected chi connectivity index (χ3v) is 4.84. The Labute approximate surface area is 152 Å². The lowest BCUT2D eigenvalue weighted by Gasteiger charge is -2.21. The van der Waals surface area contributed by atoms with Crippen LogP contribution in [0.4, 0.5) is 4.79 Å². The van der Waals surface area contributed by atoms with Crippen molar-refractivity contribution >= 4 is 12.1 Å². The van der Waals surface area contributed by atoms with Crippen molar-refractivity contribution in [2.75, 3.05) is 13.7 Å². The van der Waals surface area contributed by atoms with E-state index in [9.17, 15) is 14.7 Å². The Bertz CT molecular complexity index is 775. The van der Waals surface area contributed by atoms with Crippen LogP contribution in [0.25, 0.3) is 11.1 Å². The summed E-state index contributed by atoms with van der Waals surface area (Å²) in [7, 11) is 1.64. The highest BCUT2D eigenvalue weighted by atomic mass is 16.5. The molecule has 2 aromatic rings. The molecule has 0 saturated heterocycles. The maximum atomic E-state index is 12.1. The number of amides is 1. The molecule has 1 amide bonds. The maximum Gasteiger partial charge on any atom is 0.407 e. The molecular weight excluding hydrogens is 332 g/mol. The Balaban J connectivity index is 1.72. The van der Waals surface area contributed by atoms with Crippen LogP contribution in [0.15, 0.2) is 48.5 Å². The van der Waals surface area contributed by atoms with Gasteiger partial charge in [0.15, 0.2) is 0 Å². The molecule has 1 aliphatic rings. The molecule has 0 saturated carbocycles. The van der Waals surface area contributed by atoms with E-state index in [-0.39, 0.29) is 12.5 Å². The minimum absolute atomic E-state index is 0.0573. The van der Waals surface area contributed by atoms with Crippen LogP contribution in [-0.4, -0.2) is 42.9 Å². The highest BCUT2D eigenvalue weighted by Gasteiger charge is 2.30. The third kappa shape index (κ3) is 3.41. The number of carbonyl (C=O) groups is 2. The molecular formula is C20H22N2O4. The number of aliphatic carboxylic acids is 1. The predicted octanol–water partition coefficient (Wildman–Crippen LogP) is 2.59. The van der Waals surface area contributed by atoms with E-state index in [0.717, 1.165) is 22.3 Å². The quantitative estimate of drug-likeness (QED) is 0.742. The summed E-state index contributed by atoms with van der Waals surface area (Å²) in [6.45, 7) is 1.84. The number of carboxylic acid groups (broad SMARTS) is 1. The molecule has 26 heavy (non-hydrogen) atoms. The molecule has 3 N–H and O–H groups in total. The first-order chi connectivity index (χ1) is 12.5. The Morgan fingerprint density at radius 2 is 1.62 bits per heavy atom. The Hall–Kier alpha value is -2.86. The van der Waals surface area contributed by atoms with E-state index in [2.05, 4.69) is 22.8 Å². The van der Waals surface area contributed by atoms with Gasteiger partial charge in [-0.05, 0) is 36.2 Å². The van der Waals surface area contributed by atoms with Crippen molar-refractivity contribution in [1.82, 2.24) is 10.6 Å². The van der Waals surface area contributed by atoms with Gasteiger partial charge in [0.05, 0.1) is 0 Å². The van der Waals surface area contributed by atoms with Gasteiger partial charge in [0.1, 0.15) is 12.6 Å². The highest BCUT2D eigenvalue weighted by molar-refractivity contribution is 5.81. The summed E-state index contributed by atoms with van der Waals surface area (Å²) in [4.78, 5) is 23.4. The summed E-state index contributed by atoms with van der Waals surface area (Å²) in [5, 5.41) is 14.5. The summed E-state index contributed by atoms with van der Waals surface area (Å²) >= 11 is 0. The normalized spacial score (nSPS) is 14.8. The van der Waals surface area contributed by atoms with Gasteiger partial charge in [0.25, 0.3) is 0 Å². The lowest BCUT2D eigenvalue weighted by atomic mass is 9.98. The molecule has 0 bridgehead atoms. The van der Waals surface area contributed by atoms with Gasteiger partial charge in [-0.25, -0.2) is 9.59 Å². The summed E-state index contributed by atoms with van der Waals surface area (Å²) in [5.41, 5.74) is 4.51. The fraction of sp³-hybridized carbons (Fsp3) is 0.300. The van der Waals surface area contributed by atoms with Crippen LogP contribution in [0.3, 0.4) is 0 Å². The van der Waals surface area contributed by atoms with Crippen molar-refractivity contribution in [1.29, 1.82) is 0 Å². The second-order valence-corrected chi connectivity index (χ2v) is 6.36. The zero-order valence-corrected chi connectivity index (χ0v) is 14.7. The molecule has 0 aliphatic heterocycles. The molecule has 2 aromatic carbocycles. The van der Waals surface area contributed by atoms with E-state index in [0.29, 0.717) is 0 Å². The molecule has 0 radical (unpaired) electrons. The van der Waals surface area contributed by atoms with E-state index in [1.165, 1.54) is 0 Å². The topological polar surface area (TPSA) is 87.7 Å². The minimum Gasteiger partial charge on any atom is -0.480 e. The van der Waals surface area contributed by atoms with Gasteiger partial charge < -0.3 is 20.5 Å². The summed E-state index contributed by atoms with van der Waals surface area (Å²) in [5.74, 6) is -1.17. The Morgan fingerprint density at radius 3 is 2.12 bits per heavy atom. The summed E-state index contributed by atoms with van der Waals surface area (Å²) in [6.07, 6.45) is -0.735. The van der Waals surface area contributed by atoms with Gasteiger partial charge in [-0.1, -0.05) is 48.5 Å². The van der Waals surface area contributed by atoms with Crippen LogP contribution in [0, 0.1) is 0 Å². The average molecular weight is 354 g/mol. The lowest BCUT2D eigenvalue weighted by Crippen LogP contribution is -2.52. The van der Waals surface area contributed by atoms with Crippen LogP contribution in [0.5, 0.6) is 0 Å². The number of carbonyl (C=O) groups excluding carboxylic acids is 1. The van der Waals surface area contributed by atoms with Gasteiger partial charge in [0, 0.05) is 12.0 Å². The number of hydrogen-bond acceptors (Lipinski definition) is 4. The number of carboxylic acids is 1. The first kappa shape index (κ1) is 17.9. The van der Waals surface area contributed by atoms with Crippen molar-refractivity contribution in [3.05, 3.63) is 59.7 Å². The molecule has 6 nitrogen and oxygen atoms in total. The van der Waals surface area contributed by atoms with Crippen LogP contribution in [-0.2, 0) is 9.53 Å². The van der Waals surface area contributed by atoms with Crippen molar-refractivity contribution in [3.8, 4) is 11.1 Å². The maximum absolute atomic E-state index is 12.1. The van der Waals surface area contributed by atoms with E-state index >= 15 is 0 Å². The minimum atomic E-state index is -1.11. The Morgan fingerprint density at radius 1 is 1.08 bits per heavy atom. The fourth-order valence-corrected chi connectivity index (χ4v) is 3.33. The largest absolute Gasteiger partial charge is 0.480 e. The first-order valence-corrected chi connectivity index (χ1v) is 8.54. The van der Waals surface area contributed by atoms with Crippen molar-refractivity contribution in [2.45, 2.75) is 24.9 Å². The highest BCUT2D eigenvalue weighted by Crippen LogP contribution is 2.44. The van der Waals surface area contributed by atoms with Gasteiger partial charge in [-0.15, -0.1) is 0 Å². The second-order valence-electron chi connectivity index (χ2n) is 6.36. The Kier molecular flexibility index (Phi) is 5.23. The molecule has 0 aromatic heterocycles. The number of nitrogens with one attached hydrogen (secondary N) is 2. The third-order valence-electron chi connectivity index (χ3n) is 4.84. The van der Waals surface area contributed by atoms with Gasteiger partial charge in [-0.3, -0.25) is 0 Å². The molecule has 6 heteroatoms. The van der Waals surface area contributed by atoms with Crippen LogP contribution in [0.1, 0.15) is 24.0 Å². The number of likely N-dealkylation sites (N-methyl/N-ethyl adjacent to an activating group) is 1. The number of rotatable bonds is 6. The smallest absolute Gasteiger partial charge is 0.407 e. The van der Waals surface area contributed by atoms with E-state index in [1.54, 1.807) is 14.0 Å². The monoisotopic (exact) mass is 354 g/mol. The van der Waals surface area contributed by atoms with Gasteiger partial charge in [-0.2, -0.15) is 0 Å². The number of fused-ring (bicyclic) bond motifs is 3. The number of ether oxygens (including phenoxy) is 1. The molecule has 2 atom stereocenters. The van der Waals surface area contributed by atoms with Crippen molar-refractivity contribution in [2.24, 2.45) is 0 Å². The molecule has 0 heterocycles. The molecule has 0 spiro atoms. The van der Waals surface area contributed by atoms with Crippen molar-refractivity contribution < 1.29 is 19.4 Å². The number of benzene rings is 2. The van der Waals surface area contributed by atoms with Gasteiger partial charge in [0.2, 0.25) is 0 Å². The van der Waals surface area contributed by atoms with E-state index in [1.807, 2.05) is 36.4 Å². The van der Waals surface area contributed by atoms with E-state index < -0.39 is 24.1 Å². The van der Waals surface area contributed by atoms with Crippen LogP contribution >= 0.6 is 0 Å². The zero-order chi connectivity index (χ0) is 18.7. The predicted molar refractivity (Wildman–Crippen MR) is 98.2 cm³/mol. The number of hydrogen-bond donors (Lipinski definition) is 3. The lowest BCUT2D eigenvalue weighted by molar-refractivity contribution is -0.140. The fourth-order valence-electron chi connectivity index (χ4n) is 3.33. The summed E-state index contributed by atoms with van der Waals surface area (Å²) < 4.78 is 5.37. The average Bonchev–Trinajstić information content (AvgIpc) is 2.97. The second kappa shape index (κ2) is 7.58. The molecule has 0 fully saturated rings. The molecule has 3 rings (SSSR count). The molecule has 1 aliphatic carbocycles. The zero-order valence-electron chi connectivity index (χ0n) is 14.7. The first-order valence-electron chi connectivity index (χ1n) is 8.54. The summed E-state index contributed by atoms with van der Waals surface area (Å²) in [6, 6.07) is 14.6. The van der Waals surface area contributed by atoms with Crippen molar-refractivity contribution in [3.63, 3.8) is 0 Å². The van der Waals surface area contributed by atoms with Crippen LogP contribution < -0.4 is 10.6 Å². The van der Waals surface area contributed by atoms with E-state index in [4.69, 9.17) is 4.74 Å². The number of alkyl carbamates (subject to hydrolysis) is 1. The van der Waals surface area contributed by atoms with Gasteiger partial charge >= 0.3 is 12.1 Å². The molecule has 136 valence electrons. The SMILES string of the molecule is CNC(C)C(NC(=O)OCC1c2ccccc2-c2ccccc21)C(=O)O. The van der Waals surface area contributed by atoms with Crippen LogP contribution in [0.2, 0.25) is 0 Å². The standard InChI is InChI=1S/C20H22N2O4/c1-12(21-2)18(19(23)24)22-20(25)26-11-17-15-9-5-3-7-13(15)14-8-4-6-10-16(14)17/h3-10,12,17-18,21H,11H2,1-2H3,(H,22,25)(H,23,24).